The number of hydrogen-bond donors (Lipinski definition) is 4. The standard InChI is InChI=1S/C23H36N4O4S2.C22H34N4O2S/c1-33(30,31)25-11-10-24-23(29)26-13-8-18(9-14-26)21-15-19(16-32-21)22(28)27-12-4-6-17-5-2-3-7-20(17)27;23-9-10-24-22(28)25-12-7-17(8-13-25)20-14-18(15-29-20)21(27)26-11-3-5-16-4-1-2-6-19(16)26/h15-18,20,25H,2-14H2,1H3,(H,24,29);14-17,19H,1-13,23H2,(H,24,28). The monoisotopic (exact) mass is 914 g/mol. The van der Waals surface area contributed by atoms with Crippen LogP contribution in [0.4, 0.5) is 9.59 Å². The molecular weight excluding hydrogens is 845 g/mol. The molecular formula is C45H70N8O6S3. The summed E-state index contributed by atoms with van der Waals surface area (Å²) in [5.74, 6) is 2.66. The molecule has 0 bridgehead atoms. The number of nitrogens with zero attached hydrogens (tertiary/aromatic N) is 4. The van der Waals surface area contributed by atoms with Gasteiger partial charge >= 0.3 is 12.1 Å². The van der Waals surface area contributed by atoms with E-state index in [-0.39, 0.29) is 37.0 Å². The Bertz CT molecular complexity index is 1920. The number of nitrogens with one attached hydrogen (secondary N) is 3. The zero-order chi connectivity index (χ0) is 43.6. The zero-order valence-corrected chi connectivity index (χ0v) is 39.1. The Labute approximate surface area is 377 Å². The maximum atomic E-state index is 13.3. The lowest BCUT2D eigenvalue weighted by Crippen LogP contribution is -2.49. The van der Waals surface area contributed by atoms with Crippen molar-refractivity contribution in [2.45, 2.75) is 127 Å². The number of carbonyl (C=O) groups excluding carboxylic acids is 4. The molecule has 0 radical (unpaired) electrons. The number of amides is 6. The second-order valence-electron chi connectivity index (χ2n) is 18.4. The van der Waals surface area contributed by atoms with E-state index >= 15 is 0 Å². The van der Waals surface area contributed by atoms with E-state index in [1.807, 2.05) is 10.3 Å². The highest BCUT2D eigenvalue weighted by Crippen LogP contribution is 2.39. The molecule has 0 aromatic carbocycles. The van der Waals surface area contributed by atoms with Gasteiger partial charge in [0, 0.05) is 98.0 Å². The van der Waals surface area contributed by atoms with E-state index < -0.39 is 10.0 Å². The molecule has 2 aliphatic carbocycles. The minimum absolute atomic E-state index is 0.0110. The van der Waals surface area contributed by atoms with Gasteiger partial charge in [-0.1, -0.05) is 25.7 Å². The van der Waals surface area contributed by atoms with Crippen LogP contribution in [-0.4, -0.2) is 136 Å². The van der Waals surface area contributed by atoms with Crippen molar-refractivity contribution in [2.24, 2.45) is 17.6 Å². The number of piperidine rings is 4. The average Bonchev–Trinajstić information content (AvgIpc) is 4.01. The van der Waals surface area contributed by atoms with Crippen LogP contribution in [0.1, 0.15) is 145 Å². The average molecular weight is 915 g/mol. The van der Waals surface area contributed by atoms with Gasteiger partial charge in [-0.25, -0.2) is 22.7 Å². The lowest BCUT2D eigenvalue weighted by atomic mass is 9.78. The van der Waals surface area contributed by atoms with Crippen molar-refractivity contribution < 1.29 is 27.6 Å². The molecule has 2 aromatic rings. The molecule has 5 N–H and O–H groups in total. The molecule has 17 heteroatoms. The molecule has 0 spiro atoms. The summed E-state index contributed by atoms with van der Waals surface area (Å²) in [7, 11) is -3.24. The van der Waals surface area contributed by atoms with Gasteiger partial charge in [-0.2, -0.15) is 0 Å². The van der Waals surface area contributed by atoms with Crippen LogP contribution in [0.2, 0.25) is 0 Å². The molecule has 6 fully saturated rings. The van der Waals surface area contributed by atoms with Gasteiger partial charge in [0.1, 0.15) is 0 Å². The van der Waals surface area contributed by atoms with E-state index in [1.54, 1.807) is 27.6 Å². The predicted molar refractivity (Wildman–Crippen MR) is 246 cm³/mol. The van der Waals surface area contributed by atoms with Gasteiger partial charge in [-0.3, -0.25) is 9.59 Å². The van der Waals surface area contributed by atoms with Gasteiger partial charge in [-0.15, -0.1) is 22.7 Å². The van der Waals surface area contributed by atoms with Crippen LogP contribution < -0.4 is 21.1 Å². The summed E-state index contributed by atoms with van der Waals surface area (Å²) >= 11 is 3.39. The van der Waals surface area contributed by atoms with Crippen LogP contribution in [0.3, 0.4) is 0 Å². The van der Waals surface area contributed by atoms with Crippen molar-refractivity contribution in [2.75, 3.05) is 71.7 Å². The molecule has 4 aliphatic heterocycles. The molecule has 2 aromatic heterocycles. The number of thiophene rings is 2. The minimum atomic E-state index is -3.24. The highest BCUT2D eigenvalue weighted by Gasteiger charge is 2.38. The summed E-state index contributed by atoms with van der Waals surface area (Å²) < 4.78 is 24.5. The summed E-state index contributed by atoms with van der Waals surface area (Å²) in [4.78, 5) is 61.5. The second kappa shape index (κ2) is 22.1. The van der Waals surface area contributed by atoms with Gasteiger partial charge in [0.05, 0.1) is 17.4 Å². The third-order valence-electron chi connectivity index (χ3n) is 14.3. The van der Waals surface area contributed by atoms with Gasteiger partial charge in [-0.05, 0) is 113 Å². The Balaban J connectivity index is 0.000000188. The quantitative estimate of drug-likeness (QED) is 0.200. The number of carbonyl (C=O) groups is 4. The number of likely N-dealkylation sites (tertiary alicyclic amines) is 4. The van der Waals surface area contributed by atoms with Gasteiger partial charge in [0.15, 0.2) is 0 Å². The first-order valence-corrected chi connectivity index (χ1v) is 27.1. The van der Waals surface area contributed by atoms with Crippen LogP contribution in [0.15, 0.2) is 22.9 Å². The Morgan fingerprint density at radius 1 is 0.597 bits per heavy atom. The largest absolute Gasteiger partial charge is 0.337 e. The fourth-order valence-corrected chi connectivity index (χ4v) is 13.6. The summed E-state index contributed by atoms with van der Waals surface area (Å²) in [6.45, 7) is 6.09. The molecule has 14 nitrogen and oxygen atoms in total. The van der Waals surface area contributed by atoms with Gasteiger partial charge in [0.25, 0.3) is 11.8 Å². The first kappa shape index (κ1) is 46.7. The van der Waals surface area contributed by atoms with Crippen molar-refractivity contribution in [3.63, 3.8) is 0 Å². The van der Waals surface area contributed by atoms with Crippen molar-refractivity contribution in [1.82, 2.24) is 35.0 Å². The number of hydrogen-bond acceptors (Lipinski definition) is 9. The molecule has 6 heterocycles. The van der Waals surface area contributed by atoms with E-state index in [0.29, 0.717) is 61.9 Å². The maximum Gasteiger partial charge on any atom is 0.317 e. The normalized spacial score (nSPS) is 24.9. The third-order valence-corrected chi connectivity index (χ3v) is 17.2. The van der Waals surface area contributed by atoms with E-state index in [4.69, 9.17) is 5.73 Å². The molecule has 6 aliphatic rings. The zero-order valence-electron chi connectivity index (χ0n) is 36.7. The lowest BCUT2D eigenvalue weighted by Gasteiger charge is -2.44. The van der Waals surface area contributed by atoms with Crippen LogP contribution in [-0.2, 0) is 10.0 Å². The topological polar surface area (TPSA) is 177 Å². The SMILES string of the molecule is CS(=O)(=O)NCCNC(=O)N1CCC(c2cc(C(=O)N3CCCC4CCCCC43)cs2)CC1.NCCNC(=O)N1CCC(c2cc(C(=O)N3CCCC4CCCCC43)cs2)CC1. The van der Waals surface area contributed by atoms with Crippen molar-refractivity contribution >= 4 is 56.6 Å². The summed E-state index contributed by atoms with van der Waals surface area (Å²) in [5.41, 5.74) is 7.17. The van der Waals surface area contributed by atoms with Gasteiger partial charge < -0.3 is 36.0 Å². The van der Waals surface area contributed by atoms with E-state index in [1.165, 1.54) is 67.5 Å². The Morgan fingerprint density at radius 3 is 1.45 bits per heavy atom. The van der Waals surface area contributed by atoms with Crippen LogP contribution in [0.5, 0.6) is 0 Å². The number of sulfonamides is 1. The summed E-state index contributed by atoms with van der Waals surface area (Å²) in [5, 5.41) is 9.71. The Hall–Kier alpha value is -3.25. The van der Waals surface area contributed by atoms with Gasteiger partial charge in [0.2, 0.25) is 10.0 Å². The highest BCUT2D eigenvalue weighted by molar-refractivity contribution is 7.88. The molecule has 4 saturated heterocycles. The van der Waals surface area contributed by atoms with E-state index in [9.17, 15) is 27.6 Å². The summed E-state index contributed by atoms with van der Waals surface area (Å²) in [6.07, 6.45) is 19.6. The number of nitrogens with two attached hydrogens (primary N) is 1. The van der Waals surface area contributed by atoms with Crippen LogP contribution in [0, 0.1) is 11.8 Å². The smallest absolute Gasteiger partial charge is 0.317 e. The molecule has 4 atom stereocenters. The van der Waals surface area contributed by atoms with Crippen molar-refractivity contribution in [3.8, 4) is 0 Å². The first-order chi connectivity index (χ1) is 30.0. The van der Waals surface area contributed by atoms with Crippen molar-refractivity contribution in [3.05, 3.63) is 43.8 Å². The fourth-order valence-electron chi connectivity index (χ4n) is 11.0. The third kappa shape index (κ3) is 12.1. The maximum absolute atomic E-state index is 13.3. The Kier molecular flexibility index (Phi) is 16.7. The second-order valence-corrected chi connectivity index (χ2v) is 22.1. The molecule has 62 heavy (non-hydrogen) atoms. The minimum Gasteiger partial charge on any atom is -0.337 e. The van der Waals surface area contributed by atoms with Crippen LogP contribution in [0.25, 0.3) is 0 Å². The van der Waals surface area contributed by atoms with Crippen LogP contribution >= 0.6 is 22.7 Å². The fraction of sp³-hybridized carbons (Fsp3) is 0.733. The molecule has 344 valence electrons. The number of urea groups is 2. The van der Waals surface area contributed by atoms with E-state index in [2.05, 4.69) is 42.7 Å². The number of fused-ring (bicyclic) bond motifs is 2. The van der Waals surface area contributed by atoms with E-state index in [0.717, 1.165) is 88.5 Å². The summed E-state index contributed by atoms with van der Waals surface area (Å²) in [6, 6.07) is 4.95. The Morgan fingerprint density at radius 2 is 1.02 bits per heavy atom. The molecule has 6 amide bonds. The predicted octanol–water partition coefficient (Wildman–Crippen LogP) is 6.37. The molecule has 8 rings (SSSR count). The highest BCUT2D eigenvalue weighted by atomic mass is 32.2. The number of rotatable bonds is 10. The van der Waals surface area contributed by atoms with Crippen molar-refractivity contribution in [1.29, 1.82) is 0 Å². The molecule has 4 unspecified atom stereocenters. The molecule has 2 saturated carbocycles. The lowest BCUT2D eigenvalue weighted by molar-refractivity contribution is 0.0386. The first-order valence-electron chi connectivity index (χ1n) is 23.5.